The number of fused-ring (bicyclic) bond motifs is 1. The predicted octanol–water partition coefficient (Wildman–Crippen LogP) is 1.70. The van der Waals surface area contributed by atoms with Crippen molar-refractivity contribution in [1.82, 2.24) is 4.72 Å². The van der Waals surface area contributed by atoms with E-state index in [4.69, 9.17) is 4.74 Å². The number of guanidine groups is 1. The van der Waals surface area contributed by atoms with Crippen molar-refractivity contribution >= 4 is 21.7 Å². The summed E-state index contributed by atoms with van der Waals surface area (Å²) >= 11 is 0. The lowest BCUT2D eigenvalue weighted by Crippen LogP contribution is -2.42. The molecule has 0 amide bonds. The van der Waals surface area contributed by atoms with Gasteiger partial charge in [-0.2, -0.15) is 0 Å². The van der Waals surface area contributed by atoms with Crippen molar-refractivity contribution in [3.8, 4) is 0 Å². The topological polar surface area (TPSA) is 79.8 Å². The number of hydrogen-bond acceptors (Lipinski definition) is 4. The highest BCUT2D eigenvalue weighted by molar-refractivity contribution is 7.90. The van der Waals surface area contributed by atoms with Crippen LogP contribution in [-0.2, 0) is 14.8 Å². The molecule has 8 heteroatoms. The van der Waals surface area contributed by atoms with E-state index in [1.165, 1.54) is 12.1 Å². The molecule has 0 fully saturated rings. The van der Waals surface area contributed by atoms with Gasteiger partial charge in [-0.25, -0.2) is 22.5 Å². The largest absolute Gasteiger partial charge is 0.385 e. The molecule has 0 radical (unpaired) electrons. The molecule has 1 aliphatic rings. The predicted molar refractivity (Wildman–Crippen MR) is 78.4 cm³/mol. The molecule has 1 heterocycles. The third-order valence-corrected chi connectivity index (χ3v) is 4.43. The molecule has 21 heavy (non-hydrogen) atoms. The third-order valence-electron chi connectivity index (χ3n) is 3.05. The number of anilines is 1. The second-order valence-corrected chi connectivity index (χ2v) is 7.04. The highest BCUT2D eigenvalue weighted by atomic mass is 32.2. The fourth-order valence-electron chi connectivity index (χ4n) is 1.92. The molecule has 1 aromatic rings. The van der Waals surface area contributed by atoms with Crippen molar-refractivity contribution in [1.29, 1.82) is 0 Å². The van der Waals surface area contributed by atoms with Crippen molar-refractivity contribution in [3.05, 3.63) is 24.0 Å². The van der Waals surface area contributed by atoms with Gasteiger partial charge in [0.05, 0.1) is 11.2 Å². The quantitative estimate of drug-likeness (QED) is 0.886. The van der Waals surface area contributed by atoms with Crippen molar-refractivity contribution in [2.75, 3.05) is 19.0 Å². The lowest BCUT2D eigenvalue weighted by atomic mass is 10.0. The Balaban J connectivity index is 2.33. The highest BCUT2D eigenvalue weighted by Gasteiger charge is 2.28. The Morgan fingerprint density at radius 1 is 1.38 bits per heavy atom. The Morgan fingerprint density at radius 3 is 2.76 bits per heavy atom. The van der Waals surface area contributed by atoms with E-state index in [2.05, 4.69) is 15.0 Å². The van der Waals surface area contributed by atoms with E-state index < -0.39 is 21.4 Å². The highest BCUT2D eigenvalue weighted by Crippen LogP contribution is 2.26. The van der Waals surface area contributed by atoms with E-state index in [9.17, 15) is 12.8 Å². The number of methoxy groups -OCH3 is 1. The number of nitrogens with zero attached hydrogens (tertiary/aromatic N) is 1. The average molecular weight is 315 g/mol. The molecule has 0 spiro atoms. The lowest BCUT2D eigenvalue weighted by Gasteiger charge is -2.26. The summed E-state index contributed by atoms with van der Waals surface area (Å²) in [4.78, 5) is 4.24. The maximum Gasteiger partial charge on any atom is 0.266 e. The molecular weight excluding hydrogens is 297 g/mol. The van der Waals surface area contributed by atoms with E-state index >= 15 is 0 Å². The van der Waals surface area contributed by atoms with Gasteiger partial charge in [-0.05, 0) is 38.5 Å². The van der Waals surface area contributed by atoms with Crippen LogP contribution in [0.1, 0.15) is 20.3 Å². The first-order chi connectivity index (χ1) is 9.73. The molecule has 1 aromatic carbocycles. The third kappa shape index (κ3) is 3.70. The van der Waals surface area contributed by atoms with Crippen LogP contribution in [0.5, 0.6) is 0 Å². The van der Waals surface area contributed by atoms with Gasteiger partial charge in [0, 0.05) is 13.7 Å². The smallest absolute Gasteiger partial charge is 0.266 e. The summed E-state index contributed by atoms with van der Waals surface area (Å²) in [5.74, 6) is -0.489. The van der Waals surface area contributed by atoms with Gasteiger partial charge in [-0.1, -0.05) is 0 Å². The van der Waals surface area contributed by atoms with Gasteiger partial charge in [-0.15, -0.1) is 0 Å². The molecule has 116 valence electrons. The van der Waals surface area contributed by atoms with Gasteiger partial charge in [-0.3, -0.25) is 0 Å². The van der Waals surface area contributed by atoms with Crippen LogP contribution in [0.2, 0.25) is 0 Å². The molecule has 0 unspecified atom stereocenters. The average Bonchev–Trinajstić information content (AvgIpc) is 2.36. The first-order valence-electron chi connectivity index (χ1n) is 6.42. The molecule has 0 saturated heterocycles. The van der Waals surface area contributed by atoms with Crippen LogP contribution in [0.25, 0.3) is 0 Å². The van der Waals surface area contributed by atoms with Crippen molar-refractivity contribution in [2.45, 2.75) is 30.7 Å². The molecule has 2 N–H and O–H groups in total. The summed E-state index contributed by atoms with van der Waals surface area (Å²) in [5, 5.41) is 2.86. The molecule has 6 nitrogen and oxygen atoms in total. The monoisotopic (exact) mass is 315 g/mol. The number of sulfonamides is 1. The van der Waals surface area contributed by atoms with E-state index in [1.54, 1.807) is 7.11 Å². The molecule has 0 atom stereocenters. The second-order valence-electron chi connectivity index (χ2n) is 5.39. The minimum absolute atomic E-state index is 0.121. The summed E-state index contributed by atoms with van der Waals surface area (Å²) in [6.45, 7) is 4.25. The molecule has 1 aliphatic heterocycles. The summed E-state index contributed by atoms with van der Waals surface area (Å²) in [5.41, 5.74) is -0.199. The summed E-state index contributed by atoms with van der Waals surface area (Å²) in [6, 6.07) is 3.54. The Labute approximate surface area is 123 Å². The Morgan fingerprint density at radius 2 is 2.10 bits per heavy atom. The molecule has 0 aromatic heterocycles. The fourth-order valence-corrected chi connectivity index (χ4v) is 3.06. The van der Waals surface area contributed by atoms with Crippen LogP contribution in [0.4, 0.5) is 10.1 Å². The van der Waals surface area contributed by atoms with Gasteiger partial charge < -0.3 is 10.1 Å². The SMILES string of the molecule is COCCC(C)(C)N=C1Nc2ccc(F)cc2S(=O)(=O)N1. The van der Waals surface area contributed by atoms with Gasteiger partial charge >= 0.3 is 0 Å². The van der Waals surface area contributed by atoms with Gasteiger partial charge in [0.2, 0.25) is 5.96 Å². The van der Waals surface area contributed by atoms with Crippen LogP contribution >= 0.6 is 0 Å². The molecule has 0 aliphatic carbocycles. The maximum absolute atomic E-state index is 13.2. The van der Waals surface area contributed by atoms with Crippen LogP contribution in [0.3, 0.4) is 0 Å². The molecule has 2 rings (SSSR count). The zero-order valence-electron chi connectivity index (χ0n) is 12.1. The van der Waals surface area contributed by atoms with Crippen molar-refractivity contribution in [2.24, 2.45) is 4.99 Å². The van der Waals surface area contributed by atoms with Crippen LogP contribution in [0.15, 0.2) is 28.1 Å². The summed E-state index contributed by atoms with van der Waals surface area (Å²) < 4.78 is 44.7. The fraction of sp³-hybridized carbons (Fsp3) is 0.462. The number of halogens is 1. The minimum atomic E-state index is -3.82. The number of nitrogens with one attached hydrogen (secondary N) is 2. The summed E-state index contributed by atoms with van der Waals surface area (Å²) in [6.07, 6.45) is 0.632. The van der Waals surface area contributed by atoms with E-state index in [0.717, 1.165) is 6.07 Å². The number of hydrogen-bond donors (Lipinski definition) is 2. The zero-order valence-corrected chi connectivity index (χ0v) is 12.9. The number of ether oxygens (including phenoxy) is 1. The van der Waals surface area contributed by atoms with E-state index in [1.807, 2.05) is 13.8 Å². The van der Waals surface area contributed by atoms with Crippen LogP contribution in [-0.4, -0.2) is 33.6 Å². The van der Waals surface area contributed by atoms with Gasteiger partial charge in [0.15, 0.2) is 0 Å². The second kappa shape index (κ2) is 5.61. The van der Waals surface area contributed by atoms with Gasteiger partial charge in [0.1, 0.15) is 10.7 Å². The molecule has 0 saturated carbocycles. The van der Waals surface area contributed by atoms with Crippen LogP contribution in [0, 0.1) is 5.82 Å². The normalized spacial score (nSPS) is 18.8. The standard InChI is InChI=1S/C13H18FN3O3S/c1-13(2,6-7-20-3)16-12-15-10-5-4-9(14)8-11(10)21(18,19)17-12/h4-5,8H,6-7H2,1-3H3,(H2,15,16,17). The zero-order chi connectivity index (χ0) is 15.7. The molecular formula is C13H18FN3O3S. The Hall–Kier alpha value is -1.67. The summed E-state index contributed by atoms with van der Waals surface area (Å²) in [7, 11) is -2.23. The first-order valence-corrected chi connectivity index (χ1v) is 7.90. The lowest BCUT2D eigenvalue weighted by molar-refractivity contribution is 0.176. The Bertz CT molecular complexity index is 671. The maximum atomic E-state index is 13.2. The minimum Gasteiger partial charge on any atom is -0.385 e. The Kier molecular flexibility index (Phi) is 4.20. The van der Waals surface area contributed by atoms with Crippen molar-refractivity contribution in [3.63, 3.8) is 0 Å². The van der Waals surface area contributed by atoms with Crippen molar-refractivity contribution < 1.29 is 17.5 Å². The molecule has 0 bridgehead atoms. The van der Waals surface area contributed by atoms with E-state index in [0.29, 0.717) is 18.7 Å². The number of benzene rings is 1. The first kappa shape index (κ1) is 15.7. The number of rotatable bonds is 4. The van der Waals surface area contributed by atoms with Gasteiger partial charge in [0.25, 0.3) is 10.0 Å². The number of aliphatic imine (C=N–C) groups is 1. The van der Waals surface area contributed by atoms with E-state index in [-0.39, 0.29) is 10.9 Å². The van der Waals surface area contributed by atoms with Crippen LogP contribution < -0.4 is 10.0 Å².